The molecule has 20 heavy (non-hydrogen) atoms. The van der Waals surface area contributed by atoms with E-state index in [-0.39, 0.29) is 12.1 Å². The van der Waals surface area contributed by atoms with Gasteiger partial charge in [0.1, 0.15) is 5.54 Å². The molecule has 1 aliphatic heterocycles. The van der Waals surface area contributed by atoms with Gasteiger partial charge in [0.25, 0.3) is 0 Å². The molecule has 1 heterocycles. The predicted molar refractivity (Wildman–Crippen MR) is 80.1 cm³/mol. The molecule has 5 nitrogen and oxygen atoms in total. The van der Waals surface area contributed by atoms with Crippen molar-refractivity contribution in [3.63, 3.8) is 0 Å². The Morgan fingerprint density at radius 2 is 1.90 bits per heavy atom. The Balaban J connectivity index is 2.06. The Labute approximate surface area is 124 Å². The molecule has 2 atom stereocenters. The molecule has 6 heteroatoms. The highest BCUT2D eigenvalue weighted by Crippen LogP contribution is 2.30. The van der Waals surface area contributed by atoms with E-state index in [1.807, 2.05) is 18.7 Å². The Kier molecular flexibility index (Phi) is 4.83. The van der Waals surface area contributed by atoms with Gasteiger partial charge in [-0.15, -0.1) is 0 Å². The molecule has 1 saturated heterocycles. The number of carboxylic acids is 1. The van der Waals surface area contributed by atoms with Gasteiger partial charge in [-0.05, 0) is 19.8 Å². The molecule has 0 aromatic rings. The predicted octanol–water partition coefficient (Wildman–Crippen LogP) is 2.31. The summed E-state index contributed by atoms with van der Waals surface area (Å²) in [5.74, 6) is 0.0246. The van der Waals surface area contributed by atoms with Crippen LogP contribution in [0.4, 0.5) is 4.79 Å². The average Bonchev–Trinajstić information content (AvgIpc) is 2.42. The smallest absolute Gasteiger partial charge is 0.329 e. The third kappa shape index (κ3) is 3.05. The largest absolute Gasteiger partial charge is 0.480 e. The molecule has 2 amide bonds. The number of carboxylic acid groups (broad SMARTS) is 1. The minimum absolute atomic E-state index is 0.142. The maximum Gasteiger partial charge on any atom is 0.329 e. The van der Waals surface area contributed by atoms with Crippen molar-refractivity contribution in [1.82, 2.24) is 10.2 Å². The number of aliphatic carboxylic acids is 1. The Hall–Kier alpha value is -0.910. The van der Waals surface area contributed by atoms with Crippen LogP contribution in [0.25, 0.3) is 0 Å². The molecule has 1 saturated carbocycles. The first-order valence-electron chi connectivity index (χ1n) is 7.40. The maximum atomic E-state index is 12.5. The lowest BCUT2D eigenvalue weighted by atomic mass is 9.82. The van der Waals surface area contributed by atoms with Crippen molar-refractivity contribution in [1.29, 1.82) is 0 Å². The second-order valence-electron chi connectivity index (χ2n) is 5.89. The summed E-state index contributed by atoms with van der Waals surface area (Å²) in [4.78, 5) is 25.9. The number of urea groups is 1. The van der Waals surface area contributed by atoms with E-state index >= 15 is 0 Å². The van der Waals surface area contributed by atoms with Crippen molar-refractivity contribution in [2.24, 2.45) is 0 Å². The lowest BCUT2D eigenvalue weighted by molar-refractivity contribution is -0.146. The van der Waals surface area contributed by atoms with Gasteiger partial charge in [-0.1, -0.05) is 26.2 Å². The minimum atomic E-state index is -1.05. The van der Waals surface area contributed by atoms with Crippen LogP contribution in [0.3, 0.4) is 0 Å². The van der Waals surface area contributed by atoms with Gasteiger partial charge in [-0.3, -0.25) is 0 Å². The maximum absolute atomic E-state index is 12.5. The van der Waals surface area contributed by atoms with Gasteiger partial charge in [-0.2, -0.15) is 11.8 Å². The van der Waals surface area contributed by atoms with Crippen molar-refractivity contribution in [3.8, 4) is 0 Å². The van der Waals surface area contributed by atoms with Gasteiger partial charge >= 0.3 is 12.0 Å². The van der Waals surface area contributed by atoms with Crippen LogP contribution in [0, 0.1) is 0 Å². The molecular formula is C14H24N2O3S. The molecule has 1 aliphatic carbocycles. The molecule has 0 aromatic carbocycles. The van der Waals surface area contributed by atoms with Crippen molar-refractivity contribution in [2.45, 2.75) is 62.8 Å². The van der Waals surface area contributed by atoms with Crippen LogP contribution in [0.2, 0.25) is 0 Å². The number of carbonyl (C=O) groups is 2. The Morgan fingerprint density at radius 3 is 2.50 bits per heavy atom. The molecule has 2 N–H and O–H groups in total. The number of amides is 2. The monoisotopic (exact) mass is 300 g/mol. The molecule has 0 radical (unpaired) electrons. The highest BCUT2D eigenvalue weighted by Gasteiger charge is 2.42. The second-order valence-corrected chi connectivity index (χ2v) is 7.37. The quantitative estimate of drug-likeness (QED) is 0.821. The summed E-state index contributed by atoms with van der Waals surface area (Å²) in [6, 6.07) is -0.0721. The first-order chi connectivity index (χ1) is 9.46. The van der Waals surface area contributed by atoms with E-state index in [9.17, 15) is 14.7 Å². The fourth-order valence-corrected chi connectivity index (χ4v) is 4.14. The highest BCUT2D eigenvalue weighted by molar-refractivity contribution is 8.00. The summed E-state index contributed by atoms with van der Waals surface area (Å²) < 4.78 is 0. The molecular weight excluding hydrogens is 276 g/mol. The lowest BCUT2D eigenvalue weighted by Crippen LogP contribution is -2.61. The summed E-state index contributed by atoms with van der Waals surface area (Å²) in [7, 11) is 0. The van der Waals surface area contributed by atoms with Crippen LogP contribution in [-0.4, -0.2) is 51.1 Å². The molecule has 2 rings (SSSR count). The van der Waals surface area contributed by atoms with Crippen LogP contribution in [0.15, 0.2) is 0 Å². The van der Waals surface area contributed by atoms with Gasteiger partial charge in [0.15, 0.2) is 0 Å². The molecule has 114 valence electrons. The summed E-state index contributed by atoms with van der Waals surface area (Å²) in [5, 5.41) is 12.7. The fraction of sp³-hybridized carbons (Fsp3) is 0.857. The fourth-order valence-electron chi connectivity index (χ4n) is 3.04. The van der Waals surface area contributed by atoms with Gasteiger partial charge in [0.05, 0.1) is 0 Å². The minimum Gasteiger partial charge on any atom is -0.480 e. The average molecular weight is 300 g/mol. The normalized spacial score (nSPS) is 29.8. The zero-order valence-corrected chi connectivity index (χ0v) is 13.0. The number of rotatable bonds is 2. The van der Waals surface area contributed by atoms with Gasteiger partial charge in [-0.25, -0.2) is 9.59 Å². The topological polar surface area (TPSA) is 69.6 Å². The van der Waals surface area contributed by atoms with E-state index in [1.54, 1.807) is 4.90 Å². The van der Waals surface area contributed by atoms with E-state index in [0.717, 1.165) is 25.0 Å². The lowest BCUT2D eigenvalue weighted by Gasteiger charge is -2.41. The van der Waals surface area contributed by atoms with Crippen LogP contribution in [0.5, 0.6) is 0 Å². The van der Waals surface area contributed by atoms with Gasteiger partial charge in [0, 0.05) is 23.6 Å². The van der Waals surface area contributed by atoms with Crippen LogP contribution >= 0.6 is 11.8 Å². The number of nitrogens with one attached hydrogen (secondary N) is 1. The van der Waals surface area contributed by atoms with Crippen molar-refractivity contribution < 1.29 is 14.7 Å². The van der Waals surface area contributed by atoms with E-state index in [1.165, 1.54) is 0 Å². The van der Waals surface area contributed by atoms with E-state index in [0.29, 0.717) is 24.6 Å². The number of thioether (sulfide) groups is 1. The summed E-state index contributed by atoms with van der Waals surface area (Å²) >= 11 is 1.86. The first kappa shape index (κ1) is 15.5. The molecule has 2 fully saturated rings. The van der Waals surface area contributed by atoms with Crippen molar-refractivity contribution >= 4 is 23.8 Å². The summed E-state index contributed by atoms with van der Waals surface area (Å²) in [6.45, 7) is 4.84. The third-order valence-electron chi connectivity index (χ3n) is 4.61. The number of carbonyl (C=O) groups excluding carboxylic acids is 1. The molecule has 0 aromatic heterocycles. The summed E-state index contributed by atoms with van der Waals surface area (Å²) in [5.41, 5.74) is -1.05. The zero-order chi connectivity index (χ0) is 14.8. The van der Waals surface area contributed by atoms with E-state index in [4.69, 9.17) is 0 Å². The molecule has 2 unspecified atom stereocenters. The Bertz CT molecular complexity index is 383. The number of hydrogen-bond acceptors (Lipinski definition) is 3. The van der Waals surface area contributed by atoms with Crippen molar-refractivity contribution in [2.75, 3.05) is 12.3 Å². The first-order valence-corrected chi connectivity index (χ1v) is 8.45. The van der Waals surface area contributed by atoms with Crippen LogP contribution in [0.1, 0.15) is 46.0 Å². The molecule has 0 spiro atoms. The SMILES string of the molecule is CC1SCCN(C(=O)NC2(C(=O)O)CCCCC2)C1C. The second kappa shape index (κ2) is 6.24. The van der Waals surface area contributed by atoms with E-state index in [2.05, 4.69) is 12.2 Å². The number of nitrogens with zero attached hydrogens (tertiary/aromatic N) is 1. The van der Waals surface area contributed by atoms with Gasteiger partial charge < -0.3 is 15.3 Å². The third-order valence-corrected chi connectivity index (χ3v) is 5.95. The van der Waals surface area contributed by atoms with Crippen LogP contribution in [-0.2, 0) is 4.79 Å². The summed E-state index contributed by atoms with van der Waals surface area (Å²) in [6.07, 6.45) is 3.88. The molecule has 2 aliphatic rings. The van der Waals surface area contributed by atoms with Crippen LogP contribution < -0.4 is 5.32 Å². The van der Waals surface area contributed by atoms with E-state index < -0.39 is 11.5 Å². The van der Waals surface area contributed by atoms with Gasteiger partial charge in [0.2, 0.25) is 0 Å². The highest BCUT2D eigenvalue weighted by atomic mass is 32.2. The van der Waals surface area contributed by atoms with Crippen molar-refractivity contribution in [3.05, 3.63) is 0 Å². The Morgan fingerprint density at radius 1 is 1.25 bits per heavy atom. The molecule has 0 bridgehead atoms. The zero-order valence-electron chi connectivity index (χ0n) is 12.2. The number of hydrogen-bond donors (Lipinski definition) is 2. The standard InChI is InChI=1S/C14H24N2O3S/c1-10-11(2)20-9-8-16(10)13(19)15-14(12(17)18)6-4-3-5-7-14/h10-11H,3-9H2,1-2H3,(H,15,19)(H,17,18).